The standard InChI is InChI=1S/C15H17ClN2O2/c1-10-3-2-4-12(16)13(10)20-14(11-5-6-17-9-11)15-18-7-8-19-15/h2-4,7-8,11,14,17H,5-6,9H2,1H3. The van der Waals surface area contributed by atoms with Crippen LogP contribution in [0, 0.1) is 12.8 Å². The summed E-state index contributed by atoms with van der Waals surface area (Å²) in [5.41, 5.74) is 1.01. The van der Waals surface area contributed by atoms with Crippen LogP contribution in [-0.2, 0) is 0 Å². The average molecular weight is 293 g/mol. The number of hydrogen-bond acceptors (Lipinski definition) is 4. The normalized spacial score (nSPS) is 20.0. The van der Waals surface area contributed by atoms with Crippen molar-refractivity contribution in [1.29, 1.82) is 0 Å². The van der Waals surface area contributed by atoms with Gasteiger partial charge in [-0.25, -0.2) is 4.98 Å². The van der Waals surface area contributed by atoms with Crippen molar-refractivity contribution in [3.8, 4) is 5.75 Å². The summed E-state index contributed by atoms with van der Waals surface area (Å²) in [6.45, 7) is 3.88. The van der Waals surface area contributed by atoms with Crippen LogP contribution in [0.2, 0.25) is 5.02 Å². The van der Waals surface area contributed by atoms with Crippen LogP contribution in [0.1, 0.15) is 24.0 Å². The Labute approximate surface area is 123 Å². The third-order valence-corrected chi connectivity index (χ3v) is 3.93. The van der Waals surface area contributed by atoms with Crippen LogP contribution >= 0.6 is 11.6 Å². The van der Waals surface area contributed by atoms with Gasteiger partial charge in [-0.2, -0.15) is 0 Å². The smallest absolute Gasteiger partial charge is 0.235 e. The van der Waals surface area contributed by atoms with Gasteiger partial charge in [0, 0.05) is 12.5 Å². The van der Waals surface area contributed by atoms with E-state index in [9.17, 15) is 0 Å². The van der Waals surface area contributed by atoms with Gasteiger partial charge in [-0.3, -0.25) is 0 Å². The number of aromatic nitrogens is 1. The zero-order valence-corrected chi connectivity index (χ0v) is 12.1. The topological polar surface area (TPSA) is 47.3 Å². The van der Waals surface area contributed by atoms with Gasteiger partial charge in [-0.15, -0.1) is 0 Å². The van der Waals surface area contributed by atoms with Gasteiger partial charge in [0.25, 0.3) is 0 Å². The van der Waals surface area contributed by atoms with E-state index in [1.54, 1.807) is 12.5 Å². The highest BCUT2D eigenvalue weighted by Crippen LogP contribution is 2.36. The number of benzene rings is 1. The SMILES string of the molecule is Cc1cccc(Cl)c1OC(c1ncco1)C1CCNC1. The minimum absolute atomic E-state index is 0.210. The van der Waals surface area contributed by atoms with E-state index in [0.717, 1.165) is 25.1 Å². The zero-order valence-electron chi connectivity index (χ0n) is 11.3. The van der Waals surface area contributed by atoms with Crippen molar-refractivity contribution in [3.63, 3.8) is 0 Å². The molecule has 1 fully saturated rings. The predicted octanol–water partition coefficient (Wildman–Crippen LogP) is 3.37. The zero-order chi connectivity index (χ0) is 13.9. The molecule has 1 N–H and O–H groups in total. The maximum atomic E-state index is 6.25. The van der Waals surface area contributed by atoms with Crippen molar-refractivity contribution in [2.75, 3.05) is 13.1 Å². The van der Waals surface area contributed by atoms with Crippen LogP contribution in [0.3, 0.4) is 0 Å². The Balaban J connectivity index is 1.90. The molecular weight excluding hydrogens is 276 g/mol. The quantitative estimate of drug-likeness (QED) is 0.938. The molecule has 2 atom stereocenters. The van der Waals surface area contributed by atoms with Gasteiger partial charge < -0.3 is 14.5 Å². The van der Waals surface area contributed by atoms with Gasteiger partial charge in [0.05, 0.1) is 11.2 Å². The summed E-state index contributed by atoms with van der Waals surface area (Å²) < 4.78 is 11.6. The monoisotopic (exact) mass is 292 g/mol. The minimum atomic E-state index is -0.210. The van der Waals surface area contributed by atoms with Crippen LogP contribution < -0.4 is 10.1 Å². The summed E-state index contributed by atoms with van der Waals surface area (Å²) in [5, 5.41) is 3.97. The molecule has 106 valence electrons. The Morgan fingerprint density at radius 3 is 3.05 bits per heavy atom. The molecule has 0 radical (unpaired) electrons. The molecule has 0 saturated carbocycles. The van der Waals surface area contributed by atoms with Crippen LogP contribution in [0.4, 0.5) is 0 Å². The molecule has 5 heteroatoms. The van der Waals surface area contributed by atoms with Crippen molar-refractivity contribution < 1.29 is 9.15 Å². The van der Waals surface area contributed by atoms with Gasteiger partial charge in [0.15, 0.2) is 6.10 Å². The Hall–Kier alpha value is -1.52. The first-order valence-electron chi connectivity index (χ1n) is 6.77. The first-order valence-corrected chi connectivity index (χ1v) is 7.15. The van der Waals surface area contributed by atoms with Crippen LogP contribution in [0.5, 0.6) is 5.75 Å². The third-order valence-electron chi connectivity index (χ3n) is 3.63. The Kier molecular flexibility index (Phi) is 3.94. The molecule has 1 aromatic heterocycles. The first-order chi connectivity index (χ1) is 9.75. The molecule has 0 aliphatic carbocycles. The van der Waals surface area contributed by atoms with E-state index in [4.69, 9.17) is 20.8 Å². The van der Waals surface area contributed by atoms with Crippen molar-refractivity contribution >= 4 is 11.6 Å². The lowest BCUT2D eigenvalue weighted by atomic mass is 10.0. The maximum Gasteiger partial charge on any atom is 0.235 e. The van der Waals surface area contributed by atoms with E-state index in [2.05, 4.69) is 10.3 Å². The Morgan fingerprint density at radius 1 is 1.50 bits per heavy atom. The van der Waals surface area contributed by atoms with Crippen molar-refractivity contribution in [3.05, 3.63) is 47.1 Å². The van der Waals surface area contributed by atoms with Gasteiger partial charge >= 0.3 is 0 Å². The van der Waals surface area contributed by atoms with Crippen molar-refractivity contribution in [2.45, 2.75) is 19.4 Å². The molecule has 1 aliphatic rings. The van der Waals surface area contributed by atoms with Crippen molar-refractivity contribution in [2.24, 2.45) is 5.92 Å². The lowest BCUT2D eigenvalue weighted by molar-refractivity contribution is 0.113. The lowest BCUT2D eigenvalue weighted by Crippen LogP contribution is -2.22. The molecule has 1 aromatic carbocycles. The summed E-state index contributed by atoms with van der Waals surface area (Å²) in [7, 11) is 0. The highest BCUT2D eigenvalue weighted by atomic mass is 35.5. The second-order valence-electron chi connectivity index (χ2n) is 5.05. The molecule has 1 aliphatic heterocycles. The summed E-state index contributed by atoms with van der Waals surface area (Å²) in [6.07, 6.45) is 4.05. The number of ether oxygens (including phenoxy) is 1. The van der Waals surface area contributed by atoms with E-state index < -0.39 is 0 Å². The minimum Gasteiger partial charge on any atom is -0.479 e. The molecule has 0 spiro atoms. The van der Waals surface area contributed by atoms with Crippen LogP contribution in [-0.4, -0.2) is 18.1 Å². The largest absolute Gasteiger partial charge is 0.479 e. The lowest BCUT2D eigenvalue weighted by Gasteiger charge is -2.23. The second kappa shape index (κ2) is 5.85. The Morgan fingerprint density at radius 2 is 2.40 bits per heavy atom. The number of nitrogens with zero attached hydrogens (tertiary/aromatic N) is 1. The van der Waals surface area contributed by atoms with Gasteiger partial charge in [-0.1, -0.05) is 23.7 Å². The summed E-state index contributed by atoms with van der Waals surface area (Å²) in [4.78, 5) is 4.25. The number of rotatable bonds is 4. The Bertz CT molecular complexity index is 545. The fourth-order valence-electron chi connectivity index (χ4n) is 2.55. The number of hydrogen-bond donors (Lipinski definition) is 1. The molecule has 2 aromatic rings. The molecule has 0 amide bonds. The first kappa shape index (κ1) is 13.5. The number of nitrogens with one attached hydrogen (secondary N) is 1. The predicted molar refractivity (Wildman–Crippen MR) is 77.0 cm³/mol. The van der Waals surface area contributed by atoms with Crippen LogP contribution in [0.15, 0.2) is 35.1 Å². The number of halogens is 1. The maximum absolute atomic E-state index is 6.25. The molecule has 4 nitrogen and oxygen atoms in total. The summed E-state index contributed by atoms with van der Waals surface area (Å²) in [6, 6.07) is 5.74. The molecule has 2 unspecified atom stereocenters. The fourth-order valence-corrected chi connectivity index (χ4v) is 2.82. The number of oxazole rings is 1. The van der Waals surface area contributed by atoms with Gasteiger partial charge in [-0.05, 0) is 31.5 Å². The summed E-state index contributed by atoms with van der Waals surface area (Å²) >= 11 is 6.25. The molecule has 20 heavy (non-hydrogen) atoms. The molecule has 2 heterocycles. The van der Waals surface area contributed by atoms with E-state index in [0.29, 0.717) is 22.6 Å². The molecule has 3 rings (SSSR count). The van der Waals surface area contributed by atoms with E-state index in [-0.39, 0.29) is 6.10 Å². The van der Waals surface area contributed by atoms with Gasteiger partial charge in [0.2, 0.25) is 5.89 Å². The average Bonchev–Trinajstić information content (AvgIpc) is 3.12. The molecular formula is C15H17ClN2O2. The summed E-state index contributed by atoms with van der Waals surface area (Å²) in [5.74, 6) is 1.66. The number of para-hydroxylation sites is 1. The van der Waals surface area contributed by atoms with Crippen LogP contribution in [0.25, 0.3) is 0 Å². The highest BCUT2D eigenvalue weighted by Gasteiger charge is 2.32. The van der Waals surface area contributed by atoms with E-state index in [1.165, 1.54) is 0 Å². The van der Waals surface area contributed by atoms with Gasteiger partial charge in [0.1, 0.15) is 12.0 Å². The molecule has 0 bridgehead atoms. The van der Waals surface area contributed by atoms with E-state index in [1.807, 2.05) is 25.1 Å². The highest BCUT2D eigenvalue weighted by molar-refractivity contribution is 6.32. The number of aryl methyl sites for hydroxylation is 1. The second-order valence-corrected chi connectivity index (χ2v) is 5.45. The fraction of sp³-hybridized carbons (Fsp3) is 0.400. The third kappa shape index (κ3) is 2.67. The van der Waals surface area contributed by atoms with Crippen molar-refractivity contribution in [1.82, 2.24) is 10.3 Å². The molecule has 1 saturated heterocycles. The van der Waals surface area contributed by atoms with E-state index >= 15 is 0 Å².